The van der Waals surface area contributed by atoms with Crippen LogP contribution in [0.3, 0.4) is 0 Å². The Hall–Kier alpha value is -2.69. The molecule has 1 fully saturated rings. The molecule has 1 aliphatic heterocycles. The number of halogens is 3. The first kappa shape index (κ1) is 18.1. The summed E-state index contributed by atoms with van der Waals surface area (Å²) in [6.45, 7) is 0.285. The summed E-state index contributed by atoms with van der Waals surface area (Å²) in [4.78, 5) is 26.9. The van der Waals surface area contributed by atoms with Crippen LogP contribution >= 0.6 is 11.3 Å². The van der Waals surface area contributed by atoms with Crippen molar-refractivity contribution in [3.8, 4) is 0 Å². The molecule has 3 rings (SSSR count). The van der Waals surface area contributed by atoms with Gasteiger partial charge in [-0.3, -0.25) is 0 Å². The van der Waals surface area contributed by atoms with Gasteiger partial charge in [-0.1, -0.05) is 29.5 Å². The molecule has 0 saturated carbocycles. The first-order chi connectivity index (χ1) is 12.3. The summed E-state index contributed by atoms with van der Waals surface area (Å²) >= 11 is 0.219. The standard InChI is InChI=1S/C15H13F3N4O3S/c1-21-8-7-10(25-11(23)9-5-3-2-4-6-9)22(14(21)24)13-20-19-12(26-13)15(16,17)18/h2-6,10H,7-8H2,1H3. The van der Waals surface area contributed by atoms with Gasteiger partial charge in [-0.2, -0.15) is 13.2 Å². The number of urea groups is 1. The molecule has 2 aromatic rings. The lowest BCUT2D eigenvalue weighted by Crippen LogP contribution is -2.54. The lowest BCUT2D eigenvalue weighted by Gasteiger charge is -2.37. The van der Waals surface area contributed by atoms with Crippen LogP contribution in [0.1, 0.15) is 21.8 Å². The Morgan fingerprint density at radius 3 is 2.58 bits per heavy atom. The molecule has 1 aliphatic rings. The van der Waals surface area contributed by atoms with E-state index in [0.717, 1.165) is 4.90 Å². The quantitative estimate of drug-likeness (QED) is 0.758. The lowest BCUT2D eigenvalue weighted by molar-refractivity contribution is -0.138. The fraction of sp³-hybridized carbons (Fsp3) is 0.333. The van der Waals surface area contributed by atoms with Gasteiger partial charge in [0.1, 0.15) is 0 Å². The summed E-state index contributed by atoms with van der Waals surface area (Å²) in [5.41, 5.74) is 0.270. The largest absolute Gasteiger partial charge is 0.445 e. The number of hydrogen-bond donors (Lipinski definition) is 0. The Morgan fingerprint density at radius 2 is 1.96 bits per heavy atom. The molecular formula is C15H13F3N4O3S. The molecule has 1 aromatic carbocycles. The maximum atomic E-state index is 12.8. The number of ether oxygens (including phenoxy) is 1. The normalized spacial score (nSPS) is 18.2. The molecule has 26 heavy (non-hydrogen) atoms. The molecule has 0 bridgehead atoms. The summed E-state index contributed by atoms with van der Waals surface area (Å²) in [5, 5.41) is 5.08. The zero-order valence-electron chi connectivity index (χ0n) is 13.4. The van der Waals surface area contributed by atoms with E-state index in [0.29, 0.717) is 0 Å². The van der Waals surface area contributed by atoms with Crippen molar-refractivity contribution in [2.24, 2.45) is 0 Å². The van der Waals surface area contributed by atoms with E-state index in [2.05, 4.69) is 10.2 Å². The third-order valence-electron chi connectivity index (χ3n) is 3.65. The average Bonchev–Trinajstić information content (AvgIpc) is 3.09. The second-order valence-corrected chi connectivity index (χ2v) is 6.43. The van der Waals surface area contributed by atoms with E-state index in [4.69, 9.17) is 4.74 Å². The summed E-state index contributed by atoms with van der Waals surface area (Å²) in [5.74, 6) is -0.682. The van der Waals surface area contributed by atoms with Gasteiger partial charge in [-0.15, -0.1) is 10.2 Å². The van der Waals surface area contributed by atoms with Crippen LogP contribution < -0.4 is 4.90 Å². The van der Waals surface area contributed by atoms with Crippen LogP contribution in [0.25, 0.3) is 0 Å². The first-order valence-corrected chi connectivity index (χ1v) is 8.30. The van der Waals surface area contributed by atoms with Gasteiger partial charge in [0, 0.05) is 20.0 Å². The fourth-order valence-electron chi connectivity index (χ4n) is 2.35. The Balaban J connectivity index is 1.87. The zero-order chi connectivity index (χ0) is 18.9. The monoisotopic (exact) mass is 386 g/mol. The molecule has 2 heterocycles. The van der Waals surface area contributed by atoms with Gasteiger partial charge >= 0.3 is 18.2 Å². The number of carbonyl (C=O) groups excluding carboxylic acids is 2. The Labute approximate surface area is 150 Å². The van der Waals surface area contributed by atoms with Gasteiger partial charge in [-0.25, -0.2) is 14.5 Å². The highest BCUT2D eigenvalue weighted by molar-refractivity contribution is 7.15. The number of hydrogen-bond acceptors (Lipinski definition) is 6. The predicted molar refractivity (Wildman–Crippen MR) is 85.7 cm³/mol. The van der Waals surface area contributed by atoms with Crippen LogP contribution in [0, 0.1) is 0 Å². The second-order valence-electron chi connectivity index (χ2n) is 5.48. The maximum Gasteiger partial charge on any atom is 0.445 e. The van der Waals surface area contributed by atoms with E-state index in [1.54, 1.807) is 18.2 Å². The average molecular weight is 386 g/mol. The number of rotatable bonds is 3. The van der Waals surface area contributed by atoms with Crippen LogP contribution in [-0.2, 0) is 10.9 Å². The smallest absolute Gasteiger partial charge is 0.437 e. The molecule has 1 saturated heterocycles. The number of benzene rings is 1. The minimum atomic E-state index is -4.67. The van der Waals surface area contributed by atoms with Crippen molar-refractivity contribution in [2.75, 3.05) is 18.5 Å². The summed E-state index contributed by atoms with van der Waals surface area (Å²) in [6.07, 6.45) is -5.51. The van der Waals surface area contributed by atoms with Crippen molar-refractivity contribution in [1.29, 1.82) is 0 Å². The highest BCUT2D eigenvalue weighted by Gasteiger charge is 2.41. The summed E-state index contributed by atoms with van der Waals surface area (Å²) in [6, 6.07) is 7.48. The Morgan fingerprint density at radius 1 is 1.27 bits per heavy atom. The number of amides is 2. The van der Waals surface area contributed by atoms with E-state index < -0.39 is 29.4 Å². The SMILES string of the molecule is CN1CCC(OC(=O)c2ccccc2)N(c2nnc(C(F)(F)F)s2)C1=O. The van der Waals surface area contributed by atoms with E-state index in [1.165, 1.54) is 24.1 Å². The minimum Gasteiger partial charge on any atom is -0.437 e. The van der Waals surface area contributed by atoms with E-state index in [9.17, 15) is 22.8 Å². The molecule has 0 N–H and O–H groups in total. The van der Waals surface area contributed by atoms with Crippen molar-refractivity contribution in [3.63, 3.8) is 0 Å². The van der Waals surface area contributed by atoms with E-state index in [-0.39, 0.29) is 35.0 Å². The molecule has 7 nitrogen and oxygen atoms in total. The number of carbonyl (C=O) groups is 2. The maximum absolute atomic E-state index is 12.8. The highest BCUT2D eigenvalue weighted by Crippen LogP contribution is 2.36. The van der Waals surface area contributed by atoms with Crippen LogP contribution in [-0.4, -0.2) is 46.9 Å². The fourth-order valence-corrected chi connectivity index (χ4v) is 3.09. The molecule has 1 aromatic heterocycles. The van der Waals surface area contributed by atoms with Gasteiger partial charge in [0.25, 0.3) is 0 Å². The third-order valence-corrected chi connectivity index (χ3v) is 4.61. The highest BCUT2D eigenvalue weighted by atomic mass is 32.1. The van der Waals surface area contributed by atoms with Gasteiger partial charge < -0.3 is 9.64 Å². The molecular weight excluding hydrogens is 373 g/mol. The van der Waals surface area contributed by atoms with Crippen LogP contribution in [0.2, 0.25) is 0 Å². The summed E-state index contributed by atoms with van der Waals surface area (Å²) in [7, 11) is 1.50. The lowest BCUT2D eigenvalue weighted by atomic mass is 10.2. The first-order valence-electron chi connectivity index (χ1n) is 7.48. The topological polar surface area (TPSA) is 75.6 Å². The zero-order valence-corrected chi connectivity index (χ0v) is 14.3. The van der Waals surface area contributed by atoms with Gasteiger partial charge in [0.05, 0.1) is 5.56 Å². The number of aromatic nitrogens is 2. The van der Waals surface area contributed by atoms with E-state index in [1.807, 2.05) is 0 Å². The van der Waals surface area contributed by atoms with E-state index >= 15 is 0 Å². The minimum absolute atomic E-state index is 0.219. The van der Waals surface area contributed by atoms with Crippen LogP contribution in [0.5, 0.6) is 0 Å². The molecule has 11 heteroatoms. The number of nitrogens with zero attached hydrogens (tertiary/aromatic N) is 4. The Bertz CT molecular complexity index is 812. The van der Waals surface area contributed by atoms with Gasteiger partial charge in [-0.05, 0) is 12.1 Å². The molecule has 2 amide bonds. The number of esters is 1. The molecule has 0 spiro atoms. The second kappa shape index (κ2) is 6.90. The molecule has 0 radical (unpaired) electrons. The number of alkyl halides is 3. The molecule has 1 atom stereocenters. The van der Waals surface area contributed by atoms with Crippen molar-refractivity contribution >= 4 is 28.5 Å². The van der Waals surface area contributed by atoms with Crippen LogP contribution in [0.4, 0.5) is 23.1 Å². The van der Waals surface area contributed by atoms with Crippen LogP contribution in [0.15, 0.2) is 30.3 Å². The predicted octanol–water partition coefficient (Wildman–Crippen LogP) is 3.00. The number of anilines is 1. The molecule has 0 aliphatic carbocycles. The van der Waals surface area contributed by atoms with Crippen molar-refractivity contribution < 1.29 is 27.5 Å². The van der Waals surface area contributed by atoms with Crippen molar-refractivity contribution in [3.05, 3.63) is 40.9 Å². The summed E-state index contributed by atoms with van der Waals surface area (Å²) < 4.78 is 43.7. The van der Waals surface area contributed by atoms with Gasteiger partial charge in [0.15, 0.2) is 6.23 Å². The molecule has 1 unspecified atom stereocenters. The van der Waals surface area contributed by atoms with Gasteiger partial charge in [0.2, 0.25) is 10.1 Å². The molecule has 138 valence electrons. The third kappa shape index (κ3) is 3.62. The van der Waals surface area contributed by atoms with Crippen molar-refractivity contribution in [1.82, 2.24) is 15.1 Å². The van der Waals surface area contributed by atoms with Crippen molar-refractivity contribution in [2.45, 2.75) is 18.8 Å². The Kier molecular flexibility index (Phi) is 4.81.